The van der Waals surface area contributed by atoms with Crippen LogP contribution in [0.1, 0.15) is 57.5 Å². The molecule has 0 atom stereocenters. The second kappa shape index (κ2) is 8.54. The average Bonchev–Trinajstić information content (AvgIpc) is 2.72. The maximum atomic E-state index is 4.77. The third-order valence-electron chi connectivity index (χ3n) is 3.29. The van der Waals surface area contributed by atoms with Crippen molar-refractivity contribution in [1.82, 2.24) is 10.3 Å². The van der Waals surface area contributed by atoms with Crippen molar-refractivity contribution >= 4 is 16.5 Å². The molecule has 0 unspecified atom stereocenters. The minimum absolute atomic E-state index is 0.523. The zero-order valence-corrected chi connectivity index (χ0v) is 13.9. The van der Waals surface area contributed by atoms with Gasteiger partial charge in [0.2, 0.25) is 0 Å². The molecule has 0 radical (unpaired) electrons. The molecule has 4 heteroatoms. The number of aryl methyl sites for hydroxylation is 1. The highest BCUT2D eigenvalue weighted by molar-refractivity contribution is 7.15. The quantitative estimate of drug-likeness (QED) is 0.695. The van der Waals surface area contributed by atoms with Crippen molar-refractivity contribution in [3.63, 3.8) is 0 Å². The molecule has 0 aliphatic carbocycles. The molecular weight excluding hydrogens is 254 g/mol. The lowest BCUT2D eigenvalue weighted by molar-refractivity contribution is 0.624. The summed E-state index contributed by atoms with van der Waals surface area (Å²) < 4.78 is 0. The van der Waals surface area contributed by atoms with Gasteiger partial charge in [-0.05, 0) is 33.7 Å². The lowest BCUT2D eigenvalue weighted by Crippen LogP contribution is -2.31. The van der Waals surface area contributed by atoms with Gasteiger partial charge in [0.05, 0.1) is 5.69 Å². The summed E-state index contributed by atoms with van der Waals surface area (Å²) in [5.41, 5.74) is 1.18. The van der Waals surface area contributed by atoms with Crippen LogP contribution in [0, 0.1) is 6.92 Å². The highest BCUT2D eigenvalue weighted by Gasteiger charge is 2.16. The molecule has 1 rings (SSSR count). The largest absolute Gasteiger partial charge is 0.346 e. The van der Waals surface area contributed by atoms with Crippen molar-refractivity contribution < 1.29 is 0 Å². The normalized spacial score (nSPS) is 11.3. The first kappa shape index (κ1) is 16.4. The predicted molar refractivity (Wildman–Crippen MR) is 86.2 cm³/mol. The van der Waals surface area contributed by atoms with E-state index in [1.54, 1.807) is 0 Å². The molecule has 1 N–H and O–H groups in total. The molecule has 0 saturated heterocycles. The van der Waals surface area contributed by atoms with Gasteiger partial charge < -0.3 is 10.2 Å². The first-order valence-electron chi connectivity index (χ1n) is 7.53. The Labute approximate surface area is 122 Å². The smallest absolute Gasteiger partial charge is 0.186 e. The van der Waals surface area contributed by atoms with Gasteiger partial charge in [-0.2, -0.15) is 0 Å². The van der Waals surface area contributed by atoms with Gasteiger partial charge in [-0.3, -0.25) is 0 Å². The van der Waals surface area contributed by atoms with Gasteiger partial charge in [0.15, 0.2) is 5.13 Å². The van der Waals surface area contributed by atoms with Gasteiger partial charge in [0.25, 0.3) is 0 Å². The Kier molecular flexibility index (Phi) is 7.39. The van der Waals surface area contributed by atoms with Crippen molar-refractivity contribution in [2.24, 2.45) is 0 Å². The topological polar surface area (TPSA) is 28.2 Å². The fourth-order valence-electron chi connectivity index (χ4n) is 2.04. The lowest BCUT2D eigenvalue weighted by atomic mass is 10.2. The molecule has 1 aromatic rings. The summed E-state index contributed by atoms with van der Waals surface area (Å²) in [7, 11) is 0. The molecule has 0 amide bonds. The van der Waals surface area contributed by atoms with Crippen molar-refractivity contribution in [1.29, 1.82) is 0 Å². The number of thiazole rings is 1. The molecule has 3 nitrogen and oxygen atoms in total. The van der Waals surface area contributed by atoms with Crippen LogP contribution in [-0.2, 0) is 6.54 Å². The first-order valence-corrected chi connectivity index (χ1v) is 8.35. The van der Waals surface area contributed by atoms with E-state index < -0.39 is 0 Å². The number of hydrogen-bond donors (Lipinski definition) is 1. The number of unbranched alkanes of at least 4 members (excludes halogenated alkanes) is 2. The van der Waals surface area contributed by atoms with Crippen molar-refractivity contribution in [3.05, 3.63) is 10.6 Å². The minimum atomic E-state index is 0.523. The summed E-state index contributed by atoms with van der Waals surface area (Å²) in [4.78, 5) is 8.59. The van der Waals surface area contributed by atoms with Crippen LogP contribution in [0.5, 0.6) is 0 Å². The third-order valence-corrected chi connectivity index (χ3v) is 4.48. The summed E-state index contributed by atoms with van der Waals surface area (Å²) in [6.07, 6.45) is 3.84. The van der Waals surface area contributed by atoms with Crippen molar-refractivity contribution in [3.8, 4) is 0 Å². The van der Waals surface area contributed by atoms with E-state index in [4.69, 9.17) is 4.98 Å². The van der Waals surface area contributed by atoms with E-state index in [1.807, 2.05) is 11.3 Å². The molecule has 0 aliphatic heterocycles. The molecule has 0 aliphatic rings. The van der Waals surface area contributed by atoms with Gasteiger partial charge in [-0.15, -0.1) is 11.3 Å². The standard InChI is InChI=1S/C15H29N3S/c1-6-8-9-10-18(12(3)4)15-17-13(5)14(19-15)11-16-7-2/h12,16H,6-11H2,1-5H3. The van der Waals surface area contributed by atoms with Crippen LogP contribution < -0.4 is 10.2 Å². The van der Waals surface area contributed by atoms with Gasteiger partial charge >= 0.3 is 0 Å². The maximum Gasteiger partial charge on any atom is 0.186 e. The van der Waals surface area contributed by atoms with E-state index in [1.165, 1.54) is 35.0 Å². The van der Waals surface area contributed by atoms with Crippen molar-refractivity contribution in [2.75, 3.05) is 18.0 Å². The van der Waals surface area contributed by atoms with Crippen LogP contribution in [0.2, 0.25) is 0 Å². The molecular formula is C15H29N3S. The zero-order chi connectivity index (χ0) is 14.3. The lowest BCUT2D eigenvalue weighted by Gasteiger charge is -2.26. The Morgan fingerprint density at radius 2 is 2.00 bits per heavy atom. The van der Waals surface area contributed by atoms with E-state index >= 15 is 0 Å². The van der Waals surface area contributed by atoms with E-state index in [0.717, 1.165) is 19.6 Å². The Morgan fingerprint density at radius 3 is 2.58 bits per heavy atom. The Balaban J connectivity index is 2.73. The van der Waals surface area contributed by atoms with E-state index in [9.17, 15) is 0 Å². The molecule has 0 bridgehead atoms. The summed E-state index contributed by atoms with van der Waals surface area (Å²) in [6.45, 7) is 14.1. The van der Waals surface area contributed by atoms with Crippen molar-refractivity contribution in [2.45, 2.75) is 66.5 Å². The SMILES string of the molecule is CCCCCN(c1nc(C)c(CNCC)s1)C(C)C. The number of nitrogens with zero attached hydrogens (tertiary/aromatic N) is 2. The maximum absolute atomic E-state index is 4.77. The third kappa shape index (κ3) is 5.11. The van der Waals surface area contributed by atoms with E-state index in [-0.39, 0.29) is 0 Å². The number of rotatable bonds is 9. The highest BCUT2D eigenvalue weighted by atomic mass is 32.1. The summed E-state index contributed by atoms with van der Waals surface area (Å²) in [5, 5.41) is 4.58. The van der Waals surface area contributed by atoms with Crippen LogP contribution in [-0.4, -0.2) is 24.1 Å². The fraction of sp³-hybridized carbons (Fsp3) is 0.800. The zero-order valence-electron chi connectivity index (χ0n) is 13.1. The van der Waals surface area contributed by atoms with Crippen LogP contribution >= 0.6 is 11.3 Å². The molecule has 1 aromatic heterocycles. The van der Waals surface area contributed by atoms with E-state index in [2.05, 4.69) is 44.8 Å². The summed E-state index contributed by atoms with van der Waals surface area (Å²) in [6, 6.07) is 0.523. The molecule has 110 valence electrons. The second-order valence-electron chi connectivity index (χ2n) is 5.28. The Bertz CT molecular complexity index is 360. The van der Waals surface area contributed by atoms with E-state index in [0.29, 0.717) is 6.04 Å². The van der Waals surface area contributed by atoms with Crippen LogP contribution in [0.15, 0.2) is 0 Å². The molecule has 0 spiro atoms. The monoisotopic (exact) mass is 283 g/mol. The van der Waals surface area contributed by atoms with Crippen LogP contribution in [0.3, 0.4) is 0 Å². The average molecular weight is 283 g/mol. The number of nitrogens with one attached hydrogen (secondary N) is 1. The predicted octanol–water partition coefficient (Wildman–Crippen LogP) is 3.97. The van der Waals surface area contributed by atoms with Gasteiger partial charge in [0, 0.05) is 24.0 Å². The number of hydrogen-bond acceptors (Lipinski definition) is 4. The minimum Gasteiger partial charge on any atom is -0.346 e. The Morgan fingerprint density at radius 1 is 1.26 bits per heavy atom. The van der Waals surface area contributed by atoms with Gasteiger partial charge in [-0.25, -0.2) is 4.98 Å². The first-order chi connectivity index (χ1) is 9.10. The summed E-state index contributed by atoms with van der Waals surface area (Å²) in [5.74, 6) is 0. The molecule has 19 heavy (non-hydrogen) atoms. The van der Waals surface area contributed by atoms with Gasteiger partial charge in [-0.1, -0.05) is 26.7 Å². The number of aromatic nitrogens is 1. The van der Waals surface area contributed by atoms with Crippen LogP contribution in [0.4, 0.5) is 5.13 Å². The van der Waals surface area contributed by atoms with Crippen LogP contribution in [0.25, 0.3) is 0 Å². The number of anilines is 1. The summed E-state index contributed by atoms with van der Waals surface area (Å²) >= 11 is 1.85. The molecule has 0 aromatic carbocycles. The second-order valence-corrected chi connectivity index (χ2v) is 6.34. The van der Waals surface area contributed by atoms with Gasteiger partial charge in [0.1, 0.15) is 0 Å². The Hall–Kier alpha value is -0.610. The molecule has 0 saturated carbocycles. The molecule has 0 fully saturated rings. The highest BCUT2D eigenvalue weighted by Crippen LogP contribution is 2.27. The molecule has 1 heterocycles. The fourth-order valence-corrected chi connectivity index (χ4v) is 3.23.